The SMILES string of the molecule is O=C1C2C=CC3C1[C@H]3C=C2. The minimum absolute atomic E-state index is 0.139. The lowest BCUT2D eigenvalue weighted by Gasteiger charge is -2.11. The molecule has 10 heavy (non-hydrogen) atoms. The summed E-state index contributed by atoms with van der Waals surface area (Å²) < 4.78 is 0. The van der Waals surface area contributed by atoms with E-state index in [2.05, 4.69) is 12.2 Å². The second kappa shape index (κ2) is 1.26. The number of rotatable bonds is 0. The molecule has 0 aromatic carbocycles. The molecule has 1 fully saturated rings. The molecule has 3 aliphatic rings. The number of carbonyl (C=O) groups excluding carboxylic acids is 1. The highest BCUT2D eigenvalue weighted by molar-refractivity contribution is 5.93. The fourth-order valence-corrected chi connectivity index (χ4v) is 2.21. The molecule has 0 aliphatic heterocycles. The van der Waals surface area contributed by atoms with Gasteiger partial charge in [-0.15, -0.1) is 0 Å². The quantitative estimate of drug-likeness (QED) is 0.452. The summed E-state index contributed by atoms with van der Waals surface area (Å²) in [7, 11) is 0. The molecule has 0 aromatic heterocycles. The van der Waals surface area contributed by atoms with Crippen LogP contribution in [0, 0.1) is 23.7 Å². The molecule has 2 bridgehead atoms. The predicted octanol–water partition coefficient (Wildman–Crippen LogP) is 1.17. The van der Waals surface area contributed by atoms with Gasteiger partial charge in [0, 0.05) is 5.92 Å². The molecule has 1 nitrogen and oxygen atoms in total. The molecular weight excluding hydrogens is 124 g/mol. The number of carbonyl (C=O) groups is 1. The van der Waals surface area contributed by atoms with Crippen LogP contribution in [0.4, 0.5) is 0 Å². The van der Waals surface area contributed by atoms with Gasteiger partial charge in [0.25, 0.3) is 0 Å². The summed E-state index contributed by atoms with van der Waals surface area (Å²) in [4.78, 5) is 11.3. The lowest BCUT2D eigenvalue weighted by atomic mass is 9.92. The van der Waals surface area contributed by atoms with Crippen molar-refractivity contribution in [2.24, 2.45) is 23.7 Å². The van der Waals surface area contributed by atoms with E-state index in [4.69, 9.17) is 0 Å². The van der Waals surface area contributed by atoms with Crippen LogP contribution >= 0.6 is 0 Å². The van der Waals surface area contributed by atoms with Gasteiger partial charge in [-0.3, -0.25) is 4.79 Å². The van der Waals surface area contributed by atoms with Crippen LogP contribution in [-0.4, -0.2) is 5.78 Å². The summed E-state index contributed by atoms with van der Waals surface area (Å²) in [6.45, 7) is 0. The van der Waals surface area contributed by atoms with Gasteiger partial charge < -0.3 is 0 Å². The van der Waals surface area contributed by atoms with E-state index in [9.17, 15) is 4.79 Å². The van der Waals surface area contributed by atoms with E-state index < -0.39 is 0 Å². The van der Waals surface area contributed by atoms with E-state index in [1.165, 1.54) is 0 Å². The largest absolute Gasteiger partial charge is 0.298 e. The maximum atomic E-state index is 11.3. The Kier molecular flexibility index (Phi) is 0.618. The summed E-state index contributed by atoms with van der Waals surface area (Å²) in [6, 6.07) is 0. The van der Waals surface area contributed by atoms with Gasteiger partial charge in [0.1, 0.15) is 5.78 Å². The fourth-order valence-electron chi connectivity index (χ4n) is 2.21. The Bertz CT molecular complexity index is 242. The van der Waals surface area contributed by atoms with Crippen molar-refractivity contribution in [2.75, 3.05) is 0 Å². The topological polar surface area (TPSA) is 17.1 Å². The molecule has 3 rings (SSSR count). The first kappa shape index (κ1) is 4.89. The molecule has 0 spiro atoms. The van der Waals surface area contributed by atoms with Gasteiger partial charge in [-0.05, 0) is 11.8 Å². The summed E-state index contributed by atoms with van der Waals surface area (Å²) in [5, 5.41) is 0. The molecule has 3 unspecified atom stereocenters. The monoisotopic (exact) mass is 132 g/mol. The Labute approximate surface area is 59.4 Å². The van der Waals surface area contributed by atoms with Crippen LogP contribution in [0.15, 0.2) is 24.3 Å². The standard InChI is InChI=1S/C9H8O/c10-9-5-1-3-6-7(4-2-5)8(6)9/h1-8H/t5?,6-,7?,8?/m0/s1. The first-order chi connectivity index (χ1) is 4.88. The first-order valence-electron chi connectivity index (χ1n) is 3.78. The van der Waals surface area contributed by atoms with Crippen LogP contribution in [0.25, 0.3) is 0 Å². The third-order valence-corrected chi connectivity index (χ3v) is 2.87. The molecular formula is C9H8O. The molecule has 1 heteroatoms. The minimum Gasteiger partial charge on any atom is -0.298 e. The third-order valence-electron chi connectivity index (χ3n) is 2.87. The van der Waals surface area contributed by atoms with Gasteiger partial charge >= 0.3 is 0 Å². The van der Waals surface area contributed by atoms with E-state index in [0.717, 1.165) is 0 Å². The van der Waals surface area contributed by atoms with E-state index >= 15 is 0 Å². The third kappa shape index (κ3) is 0.367. The van der Waals surface area contributed by atoms with Crippen LogP contribution in [0.2, 0.25) is 0 Å². The second-order valence-electron chi connectivity index (χ2n) is 3.38. The normalized spacial score (nSPS) is 53.4. The second-order valence-corrected chi connectivity index (χ2v) is 3.38. The van der Waals surface area contributed by atoms with Crippen LogP contribution in [0.3, 0.4) is 0 Å². The molecule has 0 amide bonds. The average molecular weight is 132 g/mol. The van der Waals surface area contributed by atoms with Crippen LogP contribution in [0.1, 0.15) is 0 Å². The van der Waals surface area contributed by atoms with E-state index in [1.807, 2.05) is 12.2 Å². The highest BCUT2D eigenvalue weighted by Crippen LogP contribution is 2.55. The Morgan fingerprint density at radius 2 is 1.60 bits per heavy atom. The number of hydrogen-bond acceptors (Lipinski definition) is 1. The molecule has 0 N–H and O–H groups in total. The lowest BCUT2D eigenvalue weighted by molar-refractivity contribution is -0.122. The van der Waals surface area contributed by atoms with Crippen LogP contribution in [-0.2, 0) is 4.79 Å². The zero-order valence-corrected chi connectivity index (χ0v) is 5.53. The Morgan fingerprint density at radius 3 is 2.10 bits per heavy atom. The van der Waals surface area contributed by atoms with Crippen molar-refractivity contribution in [3.8, 4) is 0 Å². The molecule has 0 aromatic rings. The Balaban J connectivity index is 2.21. The summed E-state index contributed by atoms with van der Waals surface area (Å²) >= 11 is 0. The fraction of sp³-hybridized carbons (Fsp3) is 0.444. The average Bonchev–Trinajstić information content (AvgIpc) is 2.59. The number of ketones is 1. The van der Waals surface area contributed by atoms with Gasteiger partial charge in [-0.1, -0.05) is 24.3 Å². The first-order valence-corrected chi connectivity index (χ1v) is 3.78. The highest BCUT2D eigenvalue weighted by atomic mass is 16.1. The zero-order valence-electron chi connectivity index (χ0n) is 5.53. The minimum atomic E-state index is 0.139. The summed E-state index contributed by atoms with van der Waals surface area (Å²) in [5.74, 6) is 2.16. The number of allylic oxidation sites excluding steroid dienone is 4. The maximum Gasteiger partial charge on any atom is 0.147 e. The van der Waals surface area contributed by atoms with Crippen molar-refractivity contribution in [2.45, 2.75) is 0 Å². The number of Topliss-reactive ketones (excluding diaryl/α,β-unsaturated/α-hetero) is 1. The van der Waals surface area contributed by atoms with Gasteiger partial charge in [0.05, 0.1) is 5.92 Å². The molecule has 0 heterocycles. The van der Waals surface area contributed by atoms with Crippen molar-refractivity contribution < 1.29 is 4.79 Å². The molecule has 1 saturated carbocycles. The van der Waals surface area contributed by atoms with E-state index in [1.54, 1.807) is 0 Å². The van der Waals surface area contributed by atoms with Crippen molar-refractivity contribution in [1.82, 2.24) is 0 Å². The molecule has 0 saturated heterocycles. The zero-order chi connectivity index (χ0) is 6.72. The summed E-state index contributed by atoms with van der Waals surface area (Å²) in [5.41, 5.74) is 0. The van der Waals surface area contributed by atoms with Gasteiger partial charge in [-0.25, -0.2) is 0 Å². The smallest absolute Gasteiger partial charge is 0.147 e. The molecule has 4 atom stereocenters. The lowest BCUT2D eigenvalue weighted by Crippen LogP contribution is -2.17. The van der Waals surface area contributed by atoms with Crippen LogP contribution in [0.5, 0.6) is 0 Å². The van der Waals surface area contributed by atoms with Crippen molar-refractivity contribution >= 4 is 5.78 Å². The van der Waals surface area contributed by atoms with Crippen LogP contribution < -0.4 is 0 Å². The van der Waals surface area contributed by atoms with Gasteiger partial charge in [-0.2, -0.15) is 0 Å². The van der Waals surface area contributed by atoms with E-state index in [-0.39, 0.29) is 5.92 Å². The predicted molar refractivity (Wildman–Crippen MR) is 37.2 cm³/mol. The molecule has 3 aliphatic carbocycles. The molecule has 50 valence electrons. The van der Waals surface area contributed by atoms with Gasteiger partial charge in [0.15, 0.2) is 0 Å². The number of hydrogen-bond donors (Lipinski definition) is 0. The summed E-state index contributed by atoms with van der Waals surface area (Å²) in [6.07, 6.45) is 8.52. The Morgan fingerprint density at radius 1 is 1.00 bits per heavy atom. The maximum absolute atomic E-state index is 11.3. The van der Waals surface area contributed by atoms with Crippen molar-refractivity contribution in [3.05, 3.63) is 24.3 Å². The number of fused-ring (bicyclic) bond motifs is 2. The van der Waals surface area contributed by atoms with E-state index in [0.29, 0.717) is 23.5 Å². The Hall–Kier alpha value is -0.850. The highest BCUT2D eigenvalue weighted by Gasteiger charge is 2.56. The van der Waals surface area contributed by atoms with Crippen molar-refractivity contribution in [1.29, 1.82) is 0 Å². The van der Waals surface area contributed by atoms with Crippen molar-refractivity contribution in [3.63, 3.8) is 0 Å². The van der Waals surface area contributed by atoms with Gasteiger partial charge in [0.2, 0.25) is 0 Å². The molecule has 0 radical (unpaired) electrons.